The molecule has 3 aliphatic heterocycles. The number of ether oxygens (including phenoxy) is 1. The van der Waals surface area contributed by atoms with Gasteiger partial charge in [-0.25, -0.2) is 13.2 Å². The standard InChI is InChI=1S/C17H22ClF3N4O/c18-13-7-14(24-5-2-4-17(20,21)10-24)23-15(22-13)26-11-16-3-1-6-25(16)9-12(19)8-16/h7,12H,1-6,8-11H2/t12-,16+/m1/s1. The van der Waals surface area contributed by atoms with E-state index in [1.807, 2.05) is 0 Å². The summed E-state index contributed by atoms with van der Waals surface area (Å²) in [5, 5.41) is 0.148. The molecule has 9 heteroatoms. The maximum Gasteiger partial charge on any atom is 0.319 e. The van der Waals surface area contributed by atoms with E-state index < -0.39 is 12.1 Å². The highest BCUT2D eigenvalue weighted by Crippen LogP contribution is 2.40. The van der Waals surface area contributed by atoms with Gasteiger partial charge in [-0.15, -0.1) is 0 Å². The largest absolute Gasteiger partial charge is 0.461 e. The molecule has 3 aliphatic rings. The van der Waals surface area contributed by atoms with Gasteiger partial charge in [0.1, 0.15) is 23.7 Å². The number of halogens is 4. The van der Waals surface area contributed by atoms with Crippen molar-refractivity contribution in [1.29, 1.82) is 0 Å². The summed E-state index contributed by atoms with van der Waals surface area (Å²) in [4.78, 5) is 12.0. The van der Waals surface area contributed by atoms with Gasteiger partial charge in [-0.2, -0.15) is 9.97 Å². The number of piperidine rings is 1. The first-order valence-electron chi connectivity index (χ1n) is 9.05. The molecule has 26 heavy (non-hydrogen) atoms. The van der Waals surface area contributed by atoms with Gasteiger partial charge in [-0.1, -0.05) is 11.6 Å². The molecule has 0 bridgehead atoms. The van der Waals surface area contributed by atoms with Crippen LogP contribution in [0.25, 0.3) is 0 Å². The van der Waals surface area contributed by atoms with Gasteiger partial charge in [0.05, 0.1) is 12.1 Å². The minimum Gasteiger partial charge on any atom is -0.461 e. The van der Waals surface area contributed by atoms with Crippen molar-refractivity contribution >= 4 is 17.4 Å². The SMILES string of the molecule is F[C@H]1CN2CCC[C@@]2(COc2nc(Cl)cc(N3CCCC(F)(F)C3)n2)C1. The highest BCUT2D eigenvalue weighted by molar-refractivity contribution is 6.29. The summed E-state index contributed by atoms with van der Waals surface area (Å²) in [7, 11) is 0. The lowest BCUT2D eigenvalue weighted by Gasteiger charge is -2.33. The molecule has 0 radical (unpaired) electrons. The van der Waals surface area contributed by atoms with Crippen molar-refractivity contribution in [3.05, 3.63) is 11.2 Å². The molecule has 0 aromatic carbocycles. The Hall–Kier alpha value is -1.28. The summed E-state index contributed by atoms with van der Waals surface area (Å²) in [6.07, 6.45) is 1.76. The fourth-order valence-corrected chi connectivity index (χ4v) is 4.59. The topological polar surface area (TPSA) is 41.5 Å². The van der Waals surface area contributed by atoms with E-state index in [9.17, 15) is 13.2 Å². The first-order valence-corrected chi connectivity index (χ1v) is 9.42. The Labute approximate surface area is 155 Å². The number of hydrogen-bond donors (Lipinski definition) is 0. The fourth-order valence-electron chi connectivity index (χ4n) is 4.42. The Morgan fingerprint density at radius 2 is 2.04 bits per heavy atom. The van der Waals surface area contributed by atoms with Crippen LogP contribution in [0.2, 0.25) is 5.15 Å². The van der Waals surface area contributed by atoms with E-state index in [0.717, 1.165) is 19.4 Å². The van der Waals surface area contributed by atoms with Crippen LogP contribution in [0, 0.1) is 0 Å². The van der Waals surface area contributed by atoms with Crippen LogP contribution in [0.4, 0.5) is 19.0 Å². The van der Waals surface area contributed by atoms with Crippen molar-refractivity contribution < 1.29 is 17.9 Å². The average Bonchev–Trinajstić information content (AvgIpc) is 3.07. The van der Waals surface area contributed by atoms with Gasteiger partial charge >= 0.3 is 6.01 Å². The quantitative estimate of drug-likeness (QED) is 0.738. The van der Waals surface area contributed by atoms with Crippen molar-refractivity contribution in [2.24, 2.45) is 0 Å². The fraction of sp³-hybridized carbons (Fsp3) is 0.765. The van der Waals surface area contributed by atoms with Crippen molar-refractivity contribution in [1.82, 2.24) is 14.9 Å². The Morgan fingerprint density at radius 3 is 2.85 bits per heavy atom. The third-order valence-electron chi connectivity index (χ3n) is 5.61. The number of hydrogen-bond acceptors (Lipinski definition) is 5. The van der Waals surface area contributed by atoms with E-state index in [1.165, 1.54) is 11.0 Å². The van der Waals surface area contributed by atoms with E-state index in [4.69, 9.17) is 16.3 Å². The normalized spacial score (nSPS) is 31.2. The van der Waals surface area contributed by atoms with Crippen LogP contribution in [0.15, 0.2) is 6.07 Å². The number of alkyl halides is 3. The van der Waals surface area contributed by atoms with Crippen LogP contribution in [0.5, 0.6) is 6.01 Å². The van der Waals surface area contributed by atoms with Crippen LogP contribution >= 0.6 is 11.6 Å². The van der Waals surface area contributed by atoms with Gasteiger partial charge in [-0.3, -0.25) is 4.90 Å². The smallest absolute Gasteiger partial charge is 0.319 e. The number of nitrogens with zero attached hydrogens (tertiary/aromatic N) is 4. The van der Waals surface area contributed by atoms with Crippen LogP contribution in [-0.4, -0.2) is 65.3 Å². The number of rotatable bonds is 4. The molecule has 0 amide bonds. The lowest BCUT2D eigenvalue weighted by Crippen LogP contribution is -2.44. The molecular formula is C17H22ClF3N4O. The van der Waals surface area contributed by atoms with Gasteiger partial charge in [0.25, 0.3) is 5.92 Å². The van der Waals surface area contributed by atoms with Crippen molar-refractivity contribution in [2.75, 3.05) is 37.7 Å². The second kappa shape index (κ2) is 6.71. The third kappa shape index (κ3) is 3.58. The zero-order chi connectivity index (χ0) is 18.4. The van der Waals surface area contributed by atoms with E-state index in [0.29, 0.717) is 31.7 Å². The molecule has 2 atom stereocenters. The first kappa shape index (κ1) is 18.1. The minimum atomic E-state index is -2.74. The van der Waals surface area contributed by atoms with Gasteiger partial charge < -0.3 is 9.64 Å². The molecule has 0 unspecified atom stereocenters. The van der Waals surface area contributed by atoms with Gasteiger partial charge in [-0.05, 0) is 25.8 Å². The lowest BCUT2D eigenvalue weighted by molar-refractivity contribution is -0.0119. The lowest BCUT2D eigenvalue weighted by atomic mass is 9.95. The Kier molecular flexibility index (Phi) is 4.67. The molecule has 3 saturated heterocycles. The predicted octanol–water partition coefficient (Wildman–Crippen LogP) is 3.32. The van der Waals surface area contributed by atoms with E-state index in [1.54, 1.807) is 0 Å². The summed E-state index contributed by atoms with van der Waals surface area (Å²) in [5.74, 6) is -2.39. The molecule has 0 N–H and O–H groups in total. The van der Waals surface area contributed by atoms with Gasteiger partial charge in [0.2, 0.25) is 0 Å². The average molecular weight is 391 g/mol. The van der Waals surface area contributed by atoms with Crippen LogP contribution in [0.1, 0.15) is 32.1 Å². The maximum atomic E-state index is 13.8. The second-order valence-electron chi connectivity index (χ2n) is 7.58. The third-order valence-corrected chi connectivity index (χ3v) is 5.80. The second-order valence-corrected chi connectivity index (χ2v) is 7.96. The summed E-state index contributed by atoms with van der Waals surface area (Å²) in [5.41, 5.74) is -0.316. The van der Waals surface area contributed by atoms with E-state index >= 15 is 0 Å². The summed E-state index contributed by atoms with van der Waals surface area (Å²) in [6, 6.07) is 1.54. The maximum absolute atomic E-state index is 13.8. The van der Waals surface area contributed by atoms with Gasteiger partial charge in [0, 0.05) is 32.0 Å². The minimum absolute atomic E-state index is 0.0601. The molecule has 4 heterocycles. The van der Waals surface area contributed by atoms with Gasteiger partial charge in [0.15, 0.2) is 0 Å². The number of anilines is 1. The Balaban J connectivity index is 1.48. The van der Waals surface area contributed by atoms with Crippen LogP contribution < -0.4 is 9.64 Å². The molecule has 0 aliphatic carbocycles. The summed E-state index contributed by atoms with van der Waals surface area (Å²) < 4.78 is 47.0. The Bertz CT molecular complexity index is 679. The van der Waals surface area contributed by atoms with E-state index in [-0.39, 0.29) is 36.3 Å². The van der Waals surface area contributed by atoms with Crippen LogP contribution in [0.3, 0.4) is 0 Å². The molecule has 1 aromatic rings. The van der Waals surface area contributed by atoms with Crippen LogP contribution in [-0.2, 0) is 0 Å². The monoisotopic (exact) mass is 390 g/mol. The predicted molar refractivity (Wildman–Crippen MR) is 92.0 cm³/mol. The molecule has 1 aromatic heterocycles. The summed E-state index contributed by atoms with van der Waals surface area (Å²) >= 11 is 6.05. The summed E-state index contributed by atoms with van der Waals surface area (Å²) in [6.45, 7) is 1.69. The van der Waals surface area contributed by atoms with Crippen molar-refractivity contribution in [3.63, 3.8) is 0 Å². The number of aromatic nitrogens is 2. The first-order chi connectivity index (χ1) is 12.4. The molecule has 144 valence electrons. The van der Waals surface area contributed by atoms with Crippen molar-refractivity contribution in [3.8, 4) is 6.01 Å². The molecule has 4 rings (SSSR count). The number of fused-ring (bicyclic) bond motifs is 1. The van der Waals surface area contributed by atoms with Crippen molar-refractivity contribution in [2.45, 2.75) is 49.7 Å². The molecule has 0 saturated carbocycles. The Morgan fingerprint density at radius 1 is 1.23 bits per heavy atom. The highest BCUT2D eigenvalue weighted by Gasteiger charge is 2.49. The highest BCUT2D eigenvalue weighted by atomic mass is 35.5. The molecular weight excluding hydrogens is 369 g/mol. The molecule has 5 nitrogen and oxygen atoms in total. The molecule has 3 fully saturated rings. The van der Waals surface area contributed by atoms with E-state index in [2.05, 4.69) is 14.9 Å². The molecule has 0 spiro atoms. The zero-order valence-corrected chi connectivity index (χ0v) is 15.2. The zero-order valence-electron chi connectivity index (χ0n) is 14.4.